The maximum atomic E-state index is 4.96. The van der Waals surface area contributed by atoms with E-state index in [1.807, 2.05) is 0 Å². The topological polar surface area (TPSA) is 21.1 Å². The molecule has 1 saturated heterocycles. The van der Waals surface area contributed by atoms with Gasteiger partial charge in [-0.2, -0.15) is 0 Å². The molecule has 2 aromatic rings. The Morgan fingerprint density at radius 2 is 1.90 bits per heavy atom. The predicted octanol–water partition coefficient (Wildman–Crippen LogP) is 4.38. The highest BCUT2D eigenvalue weighted by Crippen LogP contribution is 2.27. The number of likely N-dealkylation sites (tertiary alicyclic amines) is 1. The summed E-state index contributed by atoms with van der Waals surface area (Å²) in [5.74, 6) is 1.26. The molecular weight excluding hydrogens is 258 g/mol. The van der Waals surface area contributed by atoms with Crippen LogP contribution in [0.15, 0.2) is 24.3 Å². The largest absolute Gasteiger partial charge is 0.327 e. The third-order valence-corrected chi connectivity index (χ3v) is 4.73. The number of imidazole rings is 1. The quantitative estimate of drug-likeness (QED) is 0.812. The smallest absolute Gasteiger partial charge is 0.127 e. The van der Waals surface area contributed by atoms with Crippen LogP contribution in [0.2, 0.25) is 0 Å². The second-order valence-electron chi connectivity index (χ2n) is 6.24. The maximum absolute atomic E-state index is 4.96. The Kier molecular flexibility index (Phi) is 4.59. The fourth-order valence-corrected chi connectivity index (χ4v) is 3.43. The number of benzene rings is 1. The van der Waals surface area contributed by atoms with Crippen molar-refractivity contribution in [1.82, 2.24) is 14.5 Å². The Morgan fingerprint density at radius 1 is 1.14 bits per heavy atom. The van der Waals surface area contributed by atoms with Gasteiger partial charge in [0.2, 0.25) is 0 Å². The van der Waals surface area contributed by atoms with E-state index in [1.165, 1.54) is 56.5 Å². The number of para-hydroxylation sites is 2. The van der Waals surface area contributed by atoms with E-state index in [2.05, 4.69) is 47.6 Å². The molecule has 1 aromatic heterocycles. The summed E-state index contributed by atoms with van der Waals surface area (Å²) in [5.41, 5.74) is 2.44. The summed E-state index contributed by atoms with van der Waals surface area (Å²) >= 11 is 0. The minimum Gasteiger partial charge on any atom is -0.327 e. The van der Waals surface area contributed by atoms with Crippen LogP contribution in [0, 0.1) is 0 Å². The Morgan fingerprint density at radius 3 is 2.67 bits per heavy atom. The average Bonchev–Trinajstić information content (AvgIpc) is 2.91. The van der Waals surface area contributed by atoms with Gasteiger partial charge in [-0.05, 0) is 51.4 Å². The molecular formula is C18H27N3. The summed E-state index contributed by atoms with van der Waals surface area (Å²) in [6.07, 6.45) is 6.50. The second kappa shape index (κ2) is 6.61. The van der Waals surface area contributed by atoms with E-state index in [-0.39, 0.29) is 0 Å². The van der Waals surface area contributed by atoms with Gasteiger partial charge < -0.3 is 4.57 Å². The standard InChI is InChI=1S/C18H27N3/c1-3-4-14-21-17-11-7-6-10-16(17)19-18(21)15(2)20-12-8-5-9-13-20/h6-7,10-11,15H,3-5,8-9,12-14H2,1-2H3/t15-/m1/s1. The highest BCUT2D eigenvalue weighted by molar-refractivity contribution is 5.76. The van der Waals surface area contributed by atoms with Gasteiger partial charge in [0, 0.05) is 6.54 Å². The van der Waals surface area contributed by atoms with E-state index in [0.717, 1.165) is 12.1 Å². The molecule has 3 heteroatoms. The average molecular weight is 285 g/mol. The van der Waals surface area contributed by atoms with Crippen LogP contribution in [0.3, 0.4) is 0 Å². The van der Waals surface area contributed by atoms with Crippen LogP contribution in [-0.2, 0) is 6.54 Å². The SMILES string of the molecule is CCCCn1c([C@@H](C)N2CCCCC2)nc2ccccc21. The summed E-state index contributed by atoms with van der Waals surface area (Å²) < 4.78 is 2.46. The first-order chi connectivity index (χ1) is 10.3. The lowest BCUT2D eigenvalue weighted by Crippen LogP contribution is -2.33. The molecule has 0 aliphatic carbocycles. The van der Waals surface area contributed by atoms with Crippen LogP contribution in [0.25, 0.3) is 11.0 Å². The highest BCUT2D eigenvalue weighted by Gasteiger charge is 2.23. The van der Waals surface area contributed by atoms with Gasteiger partial charge in [-0.1, -0.05) is 31.9 Å². The van der Waals surface area contributed by atoms with Gasteiger partial charge in [-0.25, -0.2) is 4.98 Å². The summed E-state index contributed by atoms with van der Waals surface area (Å²) in [4.78, 5) is 7.57. The first kappa shape index (κ1) is 14.6. The minimum absolute atomic E-state index is 0.426. The summed E-state index contributed by atoms with van der Waals surface area (Å²) in [6.45, 7) is 8.11. The third-order valence-electron chi connectivity index (χ3n) is 4.73. The molecule has 1 aromatic carbocycles. The van der Waals surface area contributed by atoms with Crippen molar-refractivity contribution in [1.29, 1.82) is 0 Å². The van der Waals surface area contributed by atoms with Gasteiger partial charge in [0.25, 0.3) is 0 Å². The Balaban J connectivity index is 1.95. The van der Waals surface area contributed by atoms with Gasteiger partial charge in [0.1, 0.15) is 5.82 Å². The molecule has 0 N–H and O–H groups in total. The lowest BCUT2D eigenvalue weighted by atomic mass is 10.1. The van der Waals surface area contributed by atoms with Crippen molar-refractivity contribution in [3.63, 3.8) is 0 Å². The fraction of sp³-hybridized carbons (Fsp3) is 0.611. The highest BCUT2D eigenvalue weighted by atomic mass is 15.2. The molecule has 3 nitrogen and oxygen atoms in total. The van der Waals surface area contributed by atoms with Crippen molar-refractivity contribution in [2.75, 3.05) is 13.1 Å². The molecule has 1 atom stereocenters. The van der Waals surface area contributed by atoms with Crippen molar-refractivity contribution in [3.05, 3.63) is 30.1 Å². The van der Waals surface area contributed by atoms with Crippen molar-refractivity contribution in [3.8, 4) is 0 Å². The molecule has 0 saturated carbocycles. The zero-order valence-electron chi connectivity index (χ0n) is 13.4. The Labute approximate surface area is 128 Å². The first-order valence-corrected chi connectivity index (χ1v) is 8.50. The maximum Gasteiger partial charge on any atom is 0.127 e. The van der Waals surface area contributed by atoms with Crippen LogP contribution in [0.4, 0.5) is 0 Å². The van der Waals surface area contributed by atoms with E-state index in [0.29, 0.717) is 6.04 Å². The van der Waals surface area contributed by atoms with Gasteiger partial charge >= 0.3 is 0 Å². The van der Waals surface area contributed by atoms with Crippen molar-refractivity contribution >= 4 is 11.0 Å². The van der Waals surface area contributed by atoms with Crippen LogP contribution < -0.4 is 0 Å². The molecule has 0 bridgehead atoms. The molecule has 3 rings (SSSR count). The molecule has 1 fully saturated rings. The first-order valence-electron chi connectivity index (χ1n) is 8.50. The van der Waals surface area contributed by atoms with E-state index >= 15 is 0 Å². The summed E-state index contributed by atoms with van der Waals surface area (Å²) in [5, 5.41) is 0. The van der Waals surface area contributed by atoms with E-state index in [9.17, 15) is 0 Å². The molecule has 1 aliphatic heterocycles. The minimum atomic E-state index is 0.426. The van der Waals surface area contributed by atoms with Crippen LogP contribution in [-0.4, -0.2) is 27.5 Å². The molecule has 114 valence electrons. The zero-order valence-corrected chi connectivity index (χ0v) is 13.4. The van der Waals surface area contributed by atoms with Crippen LogP contribution in [0.1, 0.15) is 57.8 Å². The van der Waals surface area contributed by atoms with Gasteiger partial charge in [0.15, 0.2) is 0 Å². The lowest BCUT2D eigenvalue weighted by Gasteiger charge is -2.32. The Hall–Kier alpha value is -1.35. The molecule has 21 heavy (non-hydrogen) atoms. The predicted molar refractivity (Wildman–Crippen MR) is 88.5 cm³/mol. The number of aromatic nitrogens is 2. The van der Waals surface area contributed by atoms with E-state index in [4.69, 9.17) is 4.98 Å². The molecule has 1 aliphatic rings. The molecule has 2 heterocycles. The number of fused-ring (bicyclic) bond motifs is 1. The van der Waals surface area contributed by atoms with E-state index < -0.39 is 0 Å². The van der Waals surface area contributed by atoms with E-state index in [1.54, 1.807) is 0 Å². The van der Waals surface area contributed by atoms with Gasteiger partial charge in [-0.3, -0.25) is 4.90 Å². The fourth-order valence-electron chi connectivity index (χ4n) is 3.43. The summed E-state index contributed by atoms with van der Waals surface area (Å²) in [6, 6.07) is 9.00. The van der Waals surface area contributed by atoms with Crippen molar-refractivity contribution in [2.45, 2.75) is 58.5 Å². The monoisotopic (exact) mass is 285 g/mol. The number of unbranched alkanes of at least 4 members (excludes halogenated alkanes) is 1. The van der Waals surface area contributed by atoms with Crippen LogP contribution in [0.5, 0.6) is 0 Å². The second-order valence-corrected chi connectivity index (χ2v) is 6.24. The van der Waals surface area contributed by atoms with Crippen molar-refractivity contribution < 1.29 is 0 Å². The van der Waals surface area contributed by atoms with Crippen molar-refractivity contribution in [2.24, 2.45) is 0 Å². The number of piperidine rings is 1. The number of nitrogens with zero attached hydrogens (tertiary/aromatic N) is 3. The summed E-state index contributed by atoms with van der Waals surface area (Å²) in [7, 11) is 0. The number of aryl methyl sites for hydroxylation is 1. The molecule has 0 unspecified atom stereocenters. The number of hydrogen-bond donors (Lipinski definition) is 0. The number of rotatable bonds is 5. The van der Waals surface area contributed by atoms with Crippen LogP contribution >= 0.6 is 0 Å². The molecule has 0 amide bonds. The number of hydrogen-bond acceptors (Lipinski definition) is 2. The molecule has 0 spiro atoms. The Bertz CT molecular complexity index is 581. The normalized spacial score (nSPS) is 18.2. The third kappa shape index (κ3) is 2.98. The van der Waals surface area contributed by atoms with Gasteiger partial charge in [0.05, 0.1) is 17.1 Å². The molecule has 0 radical (unpaired) electrons. The zero-order chi connectivity index (χ0) is 14.7. The van der Waals surface area contributed by atoms with Gasteiger partial charge in [-0.15, -0.1) is 0 Å². The lowest BCUT2D eigenvalue weighted by molar-refractivity contribution is 0.166.